The third-order valence-electron chi connectivity index (χ3n) is 10.8. The van der Waals surface area contributed by atoms with Crippen LogP contribution in [0.3, 0.4) is 0 Å². The minimum Gasteiger partial charge on any atom is -0.393 e. The first-order valence-corrected chi connectivity index (χ1v) is 13.2. The van der Waals surface area contributed by atoms with Crippen LogP contribution in [0, 0.1) is 40.4 Å². The van der Waals surface area contributed by atoms with Crippen molar-refractivity contribution in [2.45, 2.75) is 118 Å². The average molecular weight is 413 g/mol. The first kappa shape index (κ1) is 22.6. The highest BCUT2D eigenvalue weighted by atomic mass is 16.3. The molecule has 0 heterocycles. The Morgan fingerprint density at radius 3 is 2.47 bits per heavy atom. The van der Waals surface area contributed by atoms with E-state index in [1.807, 2.05) is 5.57 Å². The van der Waals surface area contributed by atoms with Gasteiger partial charge in [-0.3, -0.25) is 0 Å². The largest absolute Gasteiger partial charge is 0.393 e. The van der Waals surface area contributed by atoms with Crippen molar-refractivity contribution in [2.75, 3.05) is 0 Å². The van der Waals surface area contributed by atoms with E-state index in [-0.39, 0.29) is 6.10 Å². The fourth-order valence-corrected chi connectivity index (χ4v) is 8.85. The molecule has 0 spiro atoms. The Kier molecular flexibility index (Phi) is 6.35. The summed E-state index contributed by atoms with van der Waals surface area (Å²) in [6.07, 6.45) is 16.8. The minimum atomic E-state index is -0.0441. The Hall–Kier alpha value is -0.560. The van der Waals surface area contributed by atoms with Gasteiger partial charge in [-0.15, -0.1) is 0 Å². The van der Waals surface area contributed by atoms with Crippen LogP contribution in [0.4, 0.5) is 0 Å². The van der Waals surface area contributed by atoms with Crippen LogP contribution in [0.2, 0.25) is 0 Å². The second-order valence-corrected chi connectivity index (χ2v) is 12.4. The Labute approximate surface area is 186 Å². The van der Waals surface area contributed by atoms with Gasteiger partial charge in [0.05, 0.1) is 6.10 Å². The van der Waals surface area contributed by atoms with Crippen LogP contribution in [0.5, 0.6) is 0 Å². The standard InChI is InChI=1S/C29H48O/c1-7-21(19(2)3)9-8-20(4)25-12-13-26-24-11-10-22-18-23(30)14-16-28(22,5)27(24)15-17-29(25,26)6/h11,20,22-23,25-27,30H,7-10,12-18H2,1-6H3/t20-,22+,23+,25-,26-,27-,28+,29-/m0/s1. The molecule has 3 fully saturated rings. The third-order valence-corrected chi connectivity index (χ3v) is 10.8. The van der Waals surface area contributed by atoms with Crippen molar-refractivity contribution in [3.63, 3.8) is 0 Å². The van der Waals surface area contributed by atoms with Crippen molar-refractivity contribution >= 4 is 0 Å². The molecular weight excluding hydrogens is 364 g/mol. The topological polar surface area (TPSA) is 20.2 Å². The summed E-state index contributed by atoms with van der Waals surface area (Å²) in [5.74, 6) is 4.09. The van der Waals surface area contributed by atoms with E-state index in [4.69, 9.17) is 0 Å². The van der Waals surface area contributed by atoms with E-state index in [0.717, 1.165) is 36.5 Å². The lowest BCUT2D eigenvalue weighted by atomic mass is 9.47. The number of fused-ring (bicyclic) bond motifs is 5. The number of aliphatic hydroxyl groups is 1. The summed E-state index contributed by atoms with van der Waals surface area (Å²) >= 11 is 0. The Morgan fingerprint density at radius 1 is 1.07 bits per heavy atom. The van der Waals surface area contributed by atoms with E-state index in [2.05, 4.69) is 47.6 Å². The van der Waals surface area contributed by atoms with Gasteiger partial charge in [-0.05, 0) is 125 Å². The van der Waals surface area contributed by atoms with Crippen LogP contribution in [0.1, 0.15) is 112 Å². The van der Waals surface area contributed by atoms with Crippen LogP contribution in [0.15, 0.2) is 22.8 Å². The summed E-state index contributed by atoms with van der Waals surface area (Å²) in [7, 11) is 0. The molecule has 4 aliphatic carbocycles. The van der Waals surface area contributed by atoms with Crippen molar-refractivity contribution in [3.8, 4) is 0 Å². The smallest absolute Gasteiger partial charge is 0.0543 e. The second-order valence-electron chi connectivity index (χ2n) is 12.4. The summed E-state index contributed by atoms with van der Waals surface area (Å²) in [4.78, 5) is 0. The molecule has 1 nitrogen and oxygen atoms in total. The SMILES string of the molecule is CCC(CC[C@H](C)[C@@H]1CC[C@H]2C3=CC[C@@H]4C[C@H](O)CC[C@@]4(C)[C@H]3CC[C@]21C)=C(C)C. The van der Waals surface area contributed by atoms with E-state index in [0.29, 0.717) is 16.7 Å². The predicted octanol–water partition coefficient (Wildman–Crippen LogP) is 8.09. The zero-order chi connectivity index (χ0) is 21.7. The first-order valence-electron chi connectivity index (χ1n) is 13.2. The lowest BCUT2D eigenvalue weighted by Gasteiger charge is -2.57. The van der Waals surface area contributed by atoms with E-state index in [9.17, 15) is 5.11 Å². The predicted molar refractivity (Wildman–Crippen MR) is 128 cm³/mol. The minimum absolute atomic E-state index is 0.0441. The van der Waals surface area contributed by atoms with Crippen molar-refractivity contribution in [1.82, 2.24) is 0 Å². The van der Waals surface area contributed by atoms with E-state index < -0.39 is 0 Å². The van der Waals surface area contributed by atoms with E-state index in [1.165, 1.54) is 57.8 Å². The van der Waals surface area contributed by atoms with Gasteiger partial charge >= 0.3 is 0 Å². The number of rotatable bonds is 5. The van der Waals surface area contributed by atoms with Gasteiger partial charge in [0.2, 0.25) is 0 Å². The van der Waals surface area contributed by atoms with Crippen LogP contribution < -0.4 is 0 Å². The molecule has 1 heteroatoms. The van der Waals surface area contributed by atoms with Gasteiger partial charge in [-0.25, -0.2) is 0 Å². The number of allylic oxidation sites excluding steroid dienone is 4. The number of hydrogen-bond acceptors (Lipinski definition) is 1. The number of hydrogen-bond donors (Lipinski definition) is 1. The zero-order valence-electron chi connectivity index (χ0n) is 20.8. The van der Waals surface area contributed by atoms with Crippen molar-refractivity contribution in [3.05, 3.63) is 22.8 Å². The number of aliphatic hydroxyl groups excluding tert-OH is 1. The molecule has 0 amide bonds. The molecule has 0 bridgehead atoms. The van der Waals surface area contributed by atoms with Gasteiger partial charge in [-0.1, -0.05) is 50.5 Å². The third kappa shape index (κ3) is 3.66. The van der Waals surface area contributed by atoms with Gasteiger partial charge in [0, 0.05) is 0 Å². The lowest BCUT2D eigenvalue weighted by molar-refractivity contribution is -0.0427. The van der Waals surface area contributed by atoms with Crippen LogP contribution >= 0.6 is 0 Å². The van der Waals surface area contributed by atoms with Gasteiger partial charge in [0.25, 0.3) is 0 Å². The van der Waals surface area contributed by atoms with Crippen molar-refractivity contribution in [2.24, 2.45) is 40.4 Å². The molecule has 8 atom stereocenters. The van der Waals surface area contributed by atoms with E-state index in [1.54, 1.807) is 11.1 Å². The molecule has 30 heavy (non-hydrogen) atoms. The molecule has 0 unspecified atom stereocenters. The van der Waals surface area contributed by atoms with Gasteiger partial charge < -0.3 is 5.11 Å². The summed E-state index contributed by atoms with van der Waals surface area (Å²) < 4.78 is 0. The highest BCUT2D eigenvalue weighted by Gasteiger charge is 2.58. The van der Waals surface area contributed by atoms with Gasteiger partial charge in [0.1, 0.15) is 0 Å². The average Bonchev–Trinajstić information content (AvgIpc) is 3.06. The molecule has 0 aromatic carbocycles. The van der Waals surface area contributed by atoms with Gasteiger partial charge in [-0.2, -0.15) is 0 Å². The maximum Gasteiger partial charge on any atom is 0.0543 e. The molecule has 170 valence electrons. The highest BCUT2D eigenvalue weighted by Crippen LogP contribution is 2.67. The fraction of sp³-hybridized carbons (Fsp3) is 0.862. The highest BCUT2D eigenvalue weighted by molar-refractivity contribution is 5.27. The molecule has 0 radical (unpaired) electrons. The normalized spacial score (nSPS) is 43.8. The summed E-state index contributed by atoms with van der Waals surface area (Å²) in [5.41, 5.74) is 6.09. The molecule has 4 rings (SSSR count). The van der Waals surface area contributed by atoms with E-state index >= 15 is 0 Å². The molecule has 0 aromatic rings. The van der Waals surface area contributed by atoms with Crippen molar-refractivity contribution in [1.29, 1.82) is 0 Å². The molecule has 1 N–H and O–H groups in total. The Bertz CT molecular complexity index is 697. The quantitative estimate of drug-likeness (QED) is 0.452. The zero-order valence-corrected chi connectivity index (χ0v) is 20.8. The summed E-state index contributed by atoms with van der Waals surface area (Å²) in [6, 6.07) is 0. The maximum absolute atomic E-state index is 10.3. The van der Waals surface area contributed by atoms with Crippen LogP contribution in [-0.4, -0.2) is 11.2 Å². The van der Waals surface area contributed by atoms with Crippen LogP contribution in [0.25, 0.3) is 0 Å². The second kappa shape index (κ2) is 8.42. The monoisotopic (exact) mass is 412 g/mol. The fourth-order valence-electron chi connectivity index (χ4n) is 8.85. The summed E-state index contributed by atoms with van der Waals surface area (Å²) in [5, 5.41) is 10.3. The molecular formula is C29H48O. The summed E-state index contributed by atoms with van der Waals surface area (Å²) in [6.45, 7) is 14.7. The van der Waals surface area contributed by atoms with Gasteiger partial charge in [0.15, 0.2) is 0 Å². The first-order chi connectivity index (χ1) is 14.2. The Morgan fingerprint density at radius 2 is 1.77 bits per heavy atom. The molecule has 0 aliphatic heterocycles. The van der Waals surface area contributed by atoms with Crippen molar-refractivity contribution < 1.29 is 5.11 Å². The Balaban J connectivity index is 1.50. The maximum atomic E-state index is 10.3. The lowest BCUT2D eigenvalue weighted by Crippen LogP contribution is -2.49. The molecule has 4 aliphatic rings. The van der Waals surface area contributed by atoms with Crippen LogP contribution in [-0.2, 0) is 0 Å². The molecule has 3 saturated carbocycles. The molecule has 0 saturated heterocycles. The molecule has 0 aromatic heterocycles.